The molecule has 0 radical (unpaired) electrons. The largest absolute Gasteiger partial charge is 0.322 e. The number of hydrogen-bond donors (Lipinski definition) is 1. The van der Waals surface area contributed by atoms with Crippen molar-refractivity contribution in [3.05, 3.63) is 77.4 Å². The highest BCUT2D eigenvalue weighted by Gasteiger charge is 2.17. The Morgan fingerprint density at radius 3 is 2.65 bits per heavy atom. The molecule has 2 aromatic rings. The van der Waals surface area contributed by atoms with Gasteiger partial charge in [-0.2, -0.15) is 0 Å². The monoisotopic (exact) mass is 306 g/mol. The Kier molecular flexibility index (Phi) is 4.89. The summed E-state index contributed by atoms with van der Waals surface area (Å²) < 4.78 is 0. The Hall–Kier alpha value is -2.39. The van der Waals surface area contributed by atoms with Crippen LogP contribution in [0.4, 0.5) is 5.69 Å². The van der Waals surface area contributed by atoms with Crippen LogP contribution in [0.3, 0.4) is 0 Å². The predicted octanol–water partition coefficient (Wildman–Crippen LogP) is 3.77. The molecule has 0 atom stereocenters. The molecule has 0 saturated carbocycles. The van der Waals surface area contributed by atoms with Gasteiger partial charge in [-0.3, -0.25) is 9.69 Å². The Morgan fingerprint density at radius 2 is 1.96 bits per heavy atom. The number of carbonyl (C=O) groups excluding carboxylic acids is 1. The lowest BCUT2D eigenvalue weighted by Crippen LogP contribution is -2.31. The third-order valence-corrected chi connectivity index (χ3v) is 4.11. The second-order valence-electron chi connectivity index (χ2n) is 6.02. The Bertz CT molecular complexity index is 707. The van der Waals surface area contributed by atoms with E-state index in [4.69, 9.17) is 0 Å². The van der Waals surface area contributed by atoms with Gasteiger partial charge in [0, 0.05) is 30.9 Å². The lowest BCUT2D eigenvalue weighted by molar-refractivity contribution is -0.113. The van der Waals surface area contributed by atoms with Crippen LogP contribution in [-0.4, -0.2) is 23.9 Å². The zero-order valence-corrected chi connectivity index (χ0v) is 13.5. The first-order valence-corrected chi connectivity index (χ1v) is 8.04. The maximum atomic E-state index is 12.3. The molecule has 0 fully saturated rings. The van der Waals surface area contributed by atoms with E-state index in [0.717, 1.165) is 37.3 Å². The van der Waals surface area contributed by atoms with Gasteiger partial charge >= 0.3 is 0 Å². The van der Waals surface area contributed by atoms with E-state index >= 15 is 0 Å². The van der Waals surface area contributed by atoms with Crippen molar-refractivity contribution in [2.75, 3.05) is 18.4 Å². The average molecular weight is 306 g/mol. The quantitative estimate of drug-likeness (QED) is 0.932. The molecule has 1 aliphatic rings. The summed E-state index contributed by atoms with van der Waals surface area (Å²) in [6, 6.07) is 18.2. The van der Waals surface area contributed by atoms with Crippen molar-refractivity contribution < 1.29 is 4.79 Å². The number of amides is 1. The molecule has 0 unspecified atom stereocenters. The summed E-state index contributed by atoms with van der Waals surface area (Å²) in [6.07, 6.45) is 2.85. The smallest absolute Gasteiger partial charge is 0.251 e. The molecule has 3 nitrogen and oxygen atoms in total. The summed E-state index contributed by atoms with van der Waals surface area (Å²) in [6.45, 7) is 4.80. The summed E-state index contributed by atoms with van der Waals surface area (Å²) >= 11 is 0. The molecule has 0 spiro atoms. The number of nitrogens with zero attached hydrogens (tertiary/aromatic N) is 1. The third-order valence-electron chi connectivity index (χ3n) is 4.11. The standard InChI is InChI=1S/C20H22N2O/c1-16-6-5-7-17(14-16)15-22-12-10-18(11-13-22)20(23)21-19-8-3-2-4-9-19/h2-10,14H,11-13,15H2,1H3,(H,21,23). The number of carbonyl (C=O) groups is 1. The molecule has 0 bridgehead atoms. The topological polar surface area (TPSA) is 32.3 Å². The Labute approximate surface area is 137 Å². The minimum Gasteiger partial charge on any atom is -0.322 e. The maximum Gasteiger partial charge on any atom is 0.251 e. The number of rotatable bonds is 4. The average Bonchev–Trinajstić information content (AvgIpc) is 2.56. The number of aryl methyl sites for hydroxylation is 1. The second-order valence-corrected chi connectivity index (χ2v) is 6.02. The fraction of sp³-hybridized carbons (Fsp3) is 0.250. The number of hydrogen-bond acceptors (Lipinski definition) is 2. The van der Waals surface area contributed by atoms with Crippen molar-refractivity contribution in [3.8, 4) is 0 Å². The van der Waals surface area contributed by atoms with Crippen molar-refractivity contribution in [1.29, 1.82) is 0 Å². The van der Waals surface area contributed by atoms with Gasteiger partial charge in [-0.25, -0.2) is 0 Å². The molecular formula is C20H22N2O. The summed E-state index contributed by atoms with van der Waals surface area (Å²) in [5.74, 6) is 0.0198. The van der Waals surface area contributed by atoms with Crippen molar-refractivity contribution in [3.63, 3.8) is 0 Å². The molecule has 0 aromatic heterocycles. The Balaban J connectivity index is 1.56. The van der Waals surface area contributed by atoms with Gasteiger partial charge in [0.05, 0.1) is 0 Å². The number of para-hydroxylation sites is 1. The highest BCUT2D eigenvalue weighted by Crippen LogP contribution is 2.16. The number of nitrogens with one attached hydrogen (secondary N) is 1. The maximum absolute atomic E-state index is 12.3. The van der Waals surface area contributed by atoms with Crippen LogP contribution in [0.2, 0.25) is 0 Å². The molecule has 1 amide bonds. The fourth-order valence-electron chi connectivity index (χ4n) is 2.86. The van der Waals surface area contributed by atoms with E-state index in [1.807, 2.05) is 30.3 Å². The zero-order chi connectivity index (χ0) is 16.1. The molecule has 23 heavy (non-hydrogen) atoms. The molecule has 1 N–H and O–H groups in total. The van der Waals surface area contributed by atoms with Crippen molar-refractivity contribution in [1.82, 2.24) is 4.90 Å². The minimum atomic E-state index is 0.0198. The molecule has 0 aliphatic carbocycles. The normalized spacial score (nSPS) is 15.1. The van der Waals surface area contributed by atoms with Crippen LogP contribution in [0.15, 0.2) is 66.2 Å². The van der Waals surface area contributed by atoms with E-state index < -0.39 is 0 Å². The van der Waals surface area contributed by atoms with E-state index in [1.165, 1.54) is 11.1 Å². The first kappa shape index (κ1) is 15.5. The summed E-state index contributed by atoms with van der Waals surface area (Å²) in [5.41, 5.74) is 4.35. The van der Waals surface area contributed by atoms with Gasteiger partial charge < -0.3 is 5.32 Å². The van der Waals surface area contributed by atoms with E-state index in [1.54, 1.807) is 0 Å². The van der Waals surface area contributed by atoms with Crippen molar-refractivity contribution in [2.24, 2.45) is 0 Å². The molecule has 3 heteroatoms. The van der Waals surface area contributed by atoms with Crippen LogP contribution < -0.4 is 5.32 Å². The van der Waals surface area contributed by atoms with Crippen LogP contribution >= 0.6 is 0 Å². The van der Waals surface area contributed by atoms with Crippen molar-refractivity contribution >= 4 is 11.6 Å². The van der Waals surface area contributed by atoms with Crippen LogP contribution in [0.25, 0.3) is 0 Å². The van der Waals surface area contributed by atoms with Gasteiger partial charge in [-0.1, -0.05) is 54.1 Å². The zero-order valence-electron chi connectivity index (χ0n) is 13.5. The van der Waals surface area contributed by atoms with E-state index in [2.05, 4.69) is 47.5 Å². The van der Waals surface area contributed by atoms with Crippen LogP contribution in [0.1, 0.15) is 17.5 Å². The summed E-state index contributed by atoms with van der Waals surface area (Å²) in [5, 5.41) is 2.96. The number of benzene rings is 2. The van der Waals surface area contributed by atoms with Gasteiger partial charge in [0.2, 0.25) is 0 Å². The van der Waals surface area contributed by atoms with Gasteiger partial charge in [-0.15, -0.1) is 0 Å². The molecule has 0 saturated heterocycles. The first-order valence-electron chi connectivity index (χ1n) is 8.04. The molecule has 118 valence electrons. The minimum absolute atomic E-state index is 0.0198. The van der Waals surface area contributed by atoms with Crippen LogP contribution in [0, 0.1) is 6.92 Å². The lowest BCUT2D eigenvalue weighted by atomic mass is 10.1. The molecule has 3 rings (SSSR count). The third kappa shape index (κ3) is 4.30. The lowest BCUT2D eigenvalue weighted by Gasteiger charge is -2.26. The molecule has 2 aromatic carbocycles. The van der Waals surface area contributed by atoms with E-state index in [0.29, 0.717) is 0 Å². The predicted molar refractivity (Wildman–Crippen MR) is 94.2 cm³/mol. The van der Waals surface area contributed by atoms with E-state index in [-0.39, 0.29) is 5.91 Å². The second kappa shape index (κ2) is 7.25. The molecule has 1 aliphatic heterocycles. The summed E-state index contributed by atoms with van der Waals surface area (Å²) in [4.78, 5) is 14.6. The fourth-order valence-corrected chi connectivity index (χ4v) is 2.86. The Morgan fingerprint density at radius 1 is 1.13 bits per heavy atom. The highest BCUT2D eigenvalue weighted by molar-refractivity contribution is 6.03. The van der Waals surface area contributed by atoms with Crippen LogP contribution in [0.5, 0.6) is 0 Å². The van der Waals surface area contributed by atoms with Crippen LogP contribution in [-0.2, 0) is 11.3 Å². The molecule has 1 heterocycles. The summed E-state index contributed by atoms with van der Waals surface area (Å²) in [7, 11) is 0. The highest BCUT2D eigenvalue weighted by atomic mass is 16.1. The van der Waals surface area contributed by atoms with Gasteiger partial charge in [-0.05, 0) is 31.0 Å². The van der Waals surface area contributed by atoms with Gasteiger partial charge in [0.15, 0.2) is 0 Å². The van der Waals surface area contributed by atoms with Gasteiger partial charge in [0.1, 0.15) is 0 Å². The SMILES string of the molecule is Cc1cccc(CN2CC=C(C(=O)Nc3ccccc3)CC2)c1. The van der Waals surface area contributed by atoms with Gasteiger partial charge in [0.25, 0.3) is 5.91 Å². The number of anilines is 1. The first-order chi connectivity index (χ1) is 11.2. The molecular weight excluding hydrogens is 284 g/mol. The van der Waals surface area contributed by atoms with Crippen molar-refractivity contribution in [2.45, 2.75) is 19.9 Å². The van der Waals surface area contributed by atoms with E-state index in [9.17, 15) is 4.79 Å².